The van der Waals surface area contributed by atoms with Gasteiger partial charge in [-0.05, 0) is 45.0 Å². The number of carbonyl (C=O) groups is 2. The van der Waals surface area contributed by atoms with Crippen molar-refractivity contribution in [1.29, 1.82) is 0 Å². The number of benzene rings is 1. The highest BCUT2D eigenvalue weighted by atomic mass is 32.2. The molecule has 2 aliphatic rings. The van der Waals surface area contributed by atoms with E-state index in [9.17, 15) is 18.0 Å². The molecule has 3 atom stereocenters. The van der Waals surface area contributed by atoms with E-state index in [2.05, 4.69) is 0 Å². The van der Waals surface area contributed by atoms with Crippen molar-refractivity contribution >= 4 is 21.9 Å². The summed E-state index contributed by atoms with van der Waals surface area (Å²) in [5, 5.41) is 0. The van der Waals surface area contributed by atoms with E-state index in [4.69, 9.17) is 14.2 Å². The summed E-state index contributed by atoms with van der Waals surface area (Å²) >= 11 is 0. The predicted molar refractivity (Wildman–Crippen MR) is 107 cm³/mol. The summed E-state index contributed by atoms with van der Waals surface area (Å²) in [6.45, 7) is 7.50. The highest BCUT2D eigenvalue weighted by Crippen LogP contribution is 2.19. The topological polar surface area (TPSA) is 102 Å². The SMILES string of the molecule is CC1CN(C(=O)C(C)OC(=O)c2ccc(S(=O)(=O)N3CCOCC3)cc2)CC(C)O1. The molecule has 2 fully saturated rings. The fourth-order valence-electron chi connectivity index (χ4n) is 3.59. The average Bonchev–Trinajstić information content (AvgIpc) is 2.73. The van der Waals surface area contributed by atoms with E-state index in [1.807, 2.05) is 13.8 Å². The van der Waals surface area contributed by atoms with Crippen molar-refractivity contribution in [3.8, 4) is 0 Å². The normalized spacial score (nSPS) is 24.3. The molecule has 0 N–H and O–H groups in total. The molecule has 0 saturated carbocycles. The lowest BCUT2D eigenvalue weighted by atomic mass is 10.2. The Morgan fingerprint density at radius 3 is 2.20 bits per heavy atom. The monoisotopic (exact) mass is 440 g/mol. The van der Waals surface area contributed by atoms with Crippen LogP contribution >= 0.6 is 0 Å². The minimum absolute atomic E-state index is 0.0819. The van der Waals surface area contributed by atoms with Crippen molar-refractivity contribution in [3.05, 3.63) is 29.8 Å². The molecule has 0 aromatic heterocycles. The molecule has 1 aromatic rings. The Morgan fingerprint density at radius 1 is 1.07 bits per heavy atom. The van der Waals surface area contributed by atoms with Gasteiger partial charge in [0.15, 0.2) is 6.10 Å². The van der Waals surface area contributed by atoms with Gasteiger partial charge in [-0.3, -0.25) is 4.79 Å². The first-order valence-electron chi connectivity index (χ1n) is 10.0. The minimum atomic E-state index is -3.64. The van der Waals surface area contributed by atoms with Crippen LogP contribution in [0, 0.1) is 0 Å². The van der Waals surface area contributed by atoms with Gasteiger partial charge in [-0.1, -0.05) is 0 Å². The number of esters is 1. The Bertz CT molecular complexity index is 856. The zero-order valence-corrected chi connectivity index (χ0v) is 18.3. The van der Waals surface area contributed by atoms with Crippen LogP contribution in [0.3, 0.4) is 0 Å². The second-order valence-electron chi connectivity index (χ2n) is 7.59. The highest BCUT2D eigenvalue weighted by molar-refractivity contribution is 7.89. The molecule has 2 aliphatic heterocycles. The summed E-state index contributed by atoms with van der Waals surface area (Å²) in [4.78, 5) is 26.8. The van der Waals surface area contributed by atoms with E-state index in [-0.39, 0.29) is 28.6 Å². The molecular formula is C20H28N2O7S. The van der Waals surface area contributed by atoms with Crippen LogP contribution in [-0.4, -0.2) is 87.2 Å². The van der Waals surface area contributed by atoms with E-state index in [0.29, 0.717) is 39.4 Å². The van der Waals surface area contributed by atoms with Gasteiger partial charge in [-0.15, -0.1) is 0 Å². The molecular weight excluding hydrogens is 412 g/mol. The third-order valence-corrected chi connectivity index (χ3v) is 6.97. The van der Waals surface area contributed by atoms with Crippen molar-refractivity contribution in [1.82, 2.24) is 9.21 Å². The second-order valence-corrected chi connectivity index (χ2v) is 9.53. The van der Waals surface area contributed by atoms with E-state index < -0.39 is 22.1 Å². The van der Waals surface area contributed by atoms with Crippen molar-refractivity contribution in [3.63, 3.8) is 0 Å². The lowest BCUT2D eigenvalue weighted by molar-refractivity contribution is -0.151. The van der Waals surface area contributed by atoms with E-state index in [1.165, 1.54) is 35.5 Å². The molecule has 3 unspecified atom stereocenters. The fourth-order valence-corrected chi connectivity index (χ4v) is 5.00. The Morgan fingerprint density at radius 2 is 1.63 bits per heavy atom. The molecule has 0 spiro atoms. The molecule has 9 nitrogen and oxygen atoms in total. The summed E-state index contributed by atoms with van der Waals surface area (Å²) in [5.41, 5.74) is 0.180. The van der Waals surface area contributed by atoms with Crippen molar-refractivity contribution < 1.29 is 32.2 Å². The standard InChI is InChI=1S/C20H28N2O7S/c1-14-12-21(13-15(2)28-14)19(23)16(3)29-20(24)17-4-6-18(7-5-17)30(25,26)22-8-10-27-11-9-22/h4-7,14-16H,8-13H2,1-3H3. The van der Waals surface area contributed by atoms with E-state index in [1.54, 1.807) is 4.90 Å². The van der Waals surface area contributed by atoms with Gasteiger partial charge in [0.05, 0.1) is 35.9 Å². The molecule has 166 valence electrons. The molecule has 10 heteroatoms. The summed E-state index contributed by atoms with van der Waals surface area (Å²) in [5.74, 6) is -0.961. The zero-order valence-electron chi connectivity index (χ0n) is 17.4. The first-order valence-corrected chi connectivity index (χ1v) is 11.5. The molecule has 0 bridgehead atoms. The lowest BCUT2D eigenvalue weighted by Gasteiger charge is -2.36. The van der Waals surface area contributed by atoms with Crippen LogP contribution in [0.5, 0.6) is 0 Å². The summed E-state index contributed by atoms with van der Waals surface area (Å²) in [7, 11) is -3.64. The third-order valence-electron chi connectivity index (χ3n) is 5.06. The number of amides is 1. The maximum absolute atomic E-state index is 12.7. The average molecular weight is 441 g/mol. The maximum atomic E-state index is 12.7. The molecule has 1 aromatic carbocycles. The lowest BCUT2D eigenvalue weighted by Crippen LogP contribution is -2.51. The van der Waals surface area contributed by atoms with Gasteiger partial charge in [-0.25, -0.2) is 13.2 Å². The zero-order chi connectivity index (χ0) is 21.9. The molecule has 2 heterocycles. The second kappa shape index (κ2) is 9.42. The van der Waals surface area contributed by atoms with Gasteiger partial charge < -0.3 is 19.1 Å². The predicted octanol–water partition coefficient (Wildman–Crippen LogP) is 0.889. The van der Waals surface area contributed by atoms with Crippen LogP contribution in [-0.2, 0) is 29.0 Å². The first kappa shape index (κ1) is 22.7. The van der Waals surface area contributed by atoms with Crippen molar-refractivity contribution in [2.24, 2.45) is 0 Å². The van der Waals surface area contributed by atoms with Crippen molar-refractivity contribution in [2.45, 2.75) is 44.0 Å². The van der Waals surface area contributed by atoms with Gasteiger partial charge in [0.25, 0.3) is 5.91 Å². The van der Waals surface area contributed by atoms with Crippen LogP contribution in [0.15, 0.2) is 29.2 Å². The number of morpholine rings is 2. The smallest absolute Gasteiger partial charge is 0.338 e. The van der Waals surface area contributed by atoms with Crippen LogP contribution < -0.4 is 0 Å². The molecule has 3 rings (SSSR count). The van der Waals surface area contributed by atoms with E-state index in [0.717, 1.165) is 0 Å². The van der Waals surface area contributed by atoms with Gasteiger partial charge in [-0.2, -0.15) is 4.31 Å². The molecule has 1 amide bonds. The van der Waals surface area contributed by atoms with Crippen molar-refractivity contribution in [2.75, 3.05) is 39.4 Å². The highest BCUT2D eigenvalue weighted by Gasteiger charge is 2.31. The number of hydrogen-bond donors (Lipinski definition) is 0. The Balaban J connectivity index is 1.62. The van der Waals surface area contributed by atoms with Crippen LogP contribution in [0.1, 0.15) is 31.1 Å². The Hall–Kier alpha value is -2.01. The van der Waals surface area contributed by atoms with Crippen LogP contribution in [0.2, 0.25) is 0 Å². The largest absolute Gasteiger partial charge is 0.449 e. The number of hydrogen-bond acceptors (Lipinski definition) is 7. The number of rotatable bonds is 5. The molecule has 30 heavy (non-hydrogen) atoms. The minimum Gasteiger partial charge on any atom is -0.449 e. The molecule has 2 saturated heterocycles. The Labute approximate surface area is 176 Å². The van der Waals surface area contributed by atoms with Crippen LogP contribution in [0.4, 0.5) is 0 Å². The van der Waals surface area contributed by atoms with Gasteiger partial charge >= 0.3 is 5.97 Å². The van der Waals surface area contributed by atoms with Crippen LogP contribution in [0.25, 0.3) is 0 Å². The number of carbonyl (C=O) groups excluding carboxylic acids is 2. The fraction of sp³-hybridized carbons (Fsp3) is 0.600. The third kappa shape index (κ3) is 5.18. The summed E-state index contributed by atoms with van der Waals surface area (Å²) < 4.78 is 42.8. The summed E-state index contributed by atoms with van der Waals surface area (Å²) in [6, 6.07) is 5.54. The molecule has 0 aliphatic carbocycles. The van der Waals surface area contributed by atoms with Gasteiger partial charge in [0.1, 0.15) is 0 Å². The molecule has 0 radical (unpaired) electrons. The number of nitrogens with zero attached hydrogens (tertiary/aromatic N) is 2. The maximum Gasteiger partial charge on any atom is 0.338 e. The first-order chi connectivity index (χ1) is 14.2. The summed E-state index contributed by atoms with van der Waals surface area (Å²) in [6.07, 6.45) is -1.12. The van der Waals surface area contributed by atoms with E-state index >= 15 is 0 Å². The quantitative estimate of drug-likeness (QED) is 0.627. The van der Waals surface area contributed by atoms with Gasteiger partial charge in [0.2, 0.25) is 10.0 Å². The number of sulfonamides is 1. The van der Waals surface area contributed by atoms with Gasteiger partial charge in [0, 0.05) is 26.2 Å². The number of ether oxygens (including phenoxy) is 3. The Kier molecular flexibility index (Phi) is 7.12.